The molecular formula is C23H14ClF2N5O. The number of hydrogen-bond donors (Lipinski definition) is 1. The molecule has 0 radical (unpaired) electrons. The number of carbonyl (C=O) groups is 1. The summed E-state index contributed by atoms with van der Waals surface area (Å²) in [6, 6.07) is 12.7. The maximum Gasteiger partial charge on any atom is 0.250 e. The molecule has 0 spiro atoms. The Morgan fingerprint density at radius 3 is 2.69 bits per heavy atom. The van der Waals surface area contributed by atoms with Gasteiger partial charge in [-0.05, 0) is 36.4 Å². The van der Waals surface area contributed by atoms with Crippen LogP contribution in [0.1, 0.15) is 15.9 Å². The zero-order valence-electron chi connectivity index (χ0n) is 16.4. The van der Waals surface area contributed by atoms with E-state index >= 15 is 4.39 Å². The average Bonchev–Trinajstić information content (AvgIpc) is 3.18. The lowest BCUT2D eigenvalue weighted by Gasteiger charge is -2.10. The molecule has 5 aromatic rings. The maximum atomic E-state index is 15.0. The molecule has 0 aliphatic heterocycles. The number of fused-ring (bicyclic) bond motifs is 2. The first kappa shape index (κ1) is 20.0. The number of hydrogen-bond acceptors (Lipinski definition) is 4. The van der Waals surface area contributed by atoms with E-state index in [4.69, 9.17) is 17.3 Å². The molecule has 9 heteroatoms. The summed E-state index contributed by atoms with van der Waals surface area (Å²) in [4.78, 5) is 24.3. The fraction of sp³-hybridized carbons (Fsp3) is 0.0435. The Kier molecular flexibility index (Phi) is 4.79. The summed E-state index contributed by atoms with van der Waals surface area (Å²) in [7, 11) is 0. The van der Waals surface area contributed by atoms with Crippen LogP contribution in [0.2, 0.25) is 5.02 Å². The summed E-state index contributed by atoms with van der Waals surface area (Å²) in [5.74, 6) is -1.99. The van der Waals surface area contributed by atoms with E-state index in [1.54, 1.807) is 41.0 Å². The van der Waals surface area contributed by atoms with Gasteiger partial charge in [-0.15, -0.1) is 0 Å². The maximum absolute atomic E-state index is 15.0. The van der Waals surface area contributed by atoms with Crippen LogP contribution in [0.15, 0.2) is 61.1 Å². The third kappa shape index (κ3) is 3.34. The van der Waals surface area contributed by atoms with Crippen LogP contribution in [-0.2, 0) is 6.54 Å². The summed E-state index contributed by atoms with van der Waals surface area (Å²) in [5.41, 5.74) is 7.88. The van der Waals surface area contributed by atoms with Gasteiger partial charge in [-0.2, -0.15) is 0 Å². The normalized spacial score (nSPS) is 11.3. The topological polar surface area (TPSA) is 86.7 Å². The average molecular weight is 450 g/mol. The first-order valence-electron chi connectivity index (χ1n) is 9.55. The van der Waals surface area contributed by atoms with Crippen LogP contribution < -0.4 is 5.73 Å². The highest BCUT2D eigenvalue weighted by Gasteiger charge is 2.17. The highest BCUT2D eigenvalue weighted by Crippen LogP contribution is 2.27. The third-order valence-electron chi connectivity index (χ3n) is 5.21. The van der Waals surface area contributed by atoms with Crippen LogP contribution >= 0.6 is 11.6 Å². The molecule has 0 saturated carbocycles. The van der Waals surface area contributed by atoms with Gasteiger partial charge in [0, 0.05) is 28.8 Å². The number of imidazole rings is 1. The van der Waals surface area contributed by atoms with Gasteiger partial charge in [0.2, 0.25) is 5.91 Å². The Balaban J connectivity index is 1.58. The number of rotatable bonds is 4. The molecule has 3 aromatic heterocycles. The highest BCUT2D eigenvalue weighted by atomic mass is 35.5. The molecule has 1 amide bonds. The number of aromatic nitrogens is 4. The summed E-state index contributed by atoms with van der Waals surface area (Å²) in [5, 5.41) is 0.450. The van der Waals surface area contributed by atoms with Gasteiger partial charge in [0.25, 0.3) is 0 Å². The second kappa shape index (κ2) is 7.65. The van der Waals surface area contributed by atoms with E-state index in [9.17, 15) is 9.18 Å². The van der Waals surface area contributed by atoms with Gasteiger partial charge in [0.05, 0.1) is 34.7 Å². The van der Waals surface area contributed by atoms with Crippen molar-refractivity contribution < 1.29 is 13.6 Å². The lowest BCUT2D eigenvalue weighted by atomic mass is 10.1. The molecule has 0 atom stereocenters. The minimum Gasteiger partial charge on any atom is -0.366 e. The fourth-order valence-electron chi connectivity index (χ4n) is 3.60. The zero-order valence-corrected chi connectivity index (χ0v) is 17.1. The Bertz CT molecular complexity index is 1530. The van der Waals surface area contributed by atoms with Crippen LogP contribution in [-0.4, -0.2) is 25.4 Å². The number of halogens is 3. The molecule has 3 heterocycles. The number of benzene rings is 2. The van der Waals surface area contributed by atoms with Crippen molar-refractivity contribution in [1.82, 2.24) is 19.5 Å². The molecule has 158 valence electrons. The SMILES string of the molecule is NC(=O)c1ccc(-c2ccc3ncn(Cc4c(F)cc5ncccc5c4F)c3n2)cc1Cl. The molecule has 0 saturated heterocycles. The van der Waals surface area contributed by atoms with E-state index in [2.05, 4.69) is 15.0 Å². The van der Waals surface area contributed by atoms with Gasteiger partial charge in [0.1, 0.15) is 17.2 Å². The van der Waals surface area contributed by atoms with Gasteiger partial charge >= 0.3 is 0 Å². The summed E-state index contributed by atoms with van der Waals surface area (Å²) in [6.45, 7) is -0.100. The Labute approximate surface area is 185 Å². The smallest absolute Gasteiger partial charge is 0.250 e. The molecule has 0 aliphatic carbocycles. The second-order valence-electron chi connectivity index (χ2n) is 7.19. The Morgan fingerprint density at radius 1 is 1.06 bits per heavy atom. The fourth-order valence-corrected chi connectivity index (χ4v) is 3.87. The van der Waals surface area contributed by atoms with E-state index in [-0.39, 0.29) is 33.6 Å². The quantitative estimate of drug-likeness (QED) is 0.430. The van der Waals surface area contributed by atoms with Crippen molar-refractivity contribution in [3.05, 3.63) is 88.8 Å². The van der Waals surface area contributed by atoms with Crippen molar-refractivity contribution in [2.75, 3.05) is 0 Å². The van der Waals surface area contributed by atoms with Crippen molar-refractivity contribution in [1.29, 1.82) is 0 Å². The van der Waals surface area contributed by atoms with Gasteiger partial charge < -0.3 is 10.3 Å². The number of pyridine rings is 2. The van der Waals surface area contributed by atoms with Crippen molar-refractivity contribution >= 4 is 39.6 Å². The minimum atomic E-state index is -0.694. The Hall–Kier alpha value is -3.91. The van der Waals surface area contributed by atoms with E-state index in [1.165, 1.54) is 24.7 Å². The van der Waals surface area contributed by atoms with Crippen molar-refractivity contribution in [3.63, 3.8) is 0 Å². The standard InChI is InChI=1S/C23H14ClF2N5O/c24-16-8-12(3-4-13(16)22(27)32)18-5-6-19-23(30-18)31(11-29-19)10-15-17(25)9-20-14(21(15)26)2-1-7-28-20/h1-9,11H,10H2,(H2,27,32). The molecule has 0 unspecified atom stereocenters. The van der Waals surface area contributed by atoms with Crippen LogP contribution in [0.5, 0.6) is 0 Å². The number of amides is 1. The molecule has 2 aromatic carbocycles. The van der Waals surface area contributed by atoms with Gasteiger partial charge in [-0.3, -0.25) is 9.78 Å². The molecule has 0 bridgehead atoms. The number of carbonyl (C=O) groups excluding carboxylic acids is 1. The van der Waals surface area contributed by atoms with Gasteiger partial charge in [-0.25, -0.2) is 18.7 Å². The monoisotopic (exact) mass is 449 g/mol. The van der Waals surface area contributed by atoms with Gasteiger partial charge in [0.15, 0.2) is 5.65 Å². The van der Waals surface area contributed by atoms with Gasteiger partial charge in [-0.1, -0.05) is 17.7 Å². The summed E-state index contributed by atoms with van der Waals surface area (Å²) in [6.07, 6.45) is 2.97. The first-order valence-corrected chi connectivity index (χ1v) is 9.93. The molecule has 0 fully saturated rings. The van der Waals surface area contributed by atoms with Crippen molar-refractivity contribution in [2.24, 2.45) is 5.73 Å². The van der Waals surface area contributed by atoms with Crippen molar-refractivity contribution in [3.8, 4) is 11.3 Å². The molecular weight excluding hydrogens is 436 g/mol. The predicted octanol–water partition coefficient (Wildman–Crippen LogP) is 4.73. The Morgan fingerprint density at radius 2 is 1.91 bits per heavy atom. The molecule has 0 aliphatic rings. The second-order valence-corrected chi connectivity index (χ2v) is 7.60. The summed E-state index contributed by atoms with van der Waals surface area (Å²) >= 11 is 6.16. The number of nitrogens with two attached hydrogens (primary N) is 1. The van der Waals surface area contributed by atoms with Crippen LogP contribution in [0.3, 0.4) is 0 Å². The van der Waals surface area contributed by atoms with Crippen LogP contribution in [0.4, 0.5) is 8.78 Å². The molecule has 32 heavy (non-hydrogen) atoms. The van der Waals surface area contributed by atoms with E-state index < -0.39 is 17.5 Å². The molecule has 6 nitrogen and oxygen atoms in total. The highest BCUT2D eigenvalue weighted by molar-refractivity contribution is 6.34. The third-order valence-corrected chi connectivity index (χ3v) is 5.53. The number of nitrogens with zero attached hydrogens (tertiary/aromatic N) is 4. The minimum absolute atomic E-state index is 0.100. The van der Waals surface area contributed by atoms with Crippen LogP contribution in [0.25, 0.3) is 33.3 Å². The summed E-state index contributed by atoms with van der Waals surface area (Å²) < 4.78 is 31.3. The van der Waals surface area contributed by atoms with E-state index in [0.717, 1.165) is 0 Å². The zero-order chi connectivity index (χ0) is 22.4. The molecule has 2 N–H and O–H groups in total. The van der Waals surface area contributed by atoms with E-state index in [1.807, 2.05) is 0 Å². The van der Waals surface area contributed by atoms with Crippen LogP contribution in [0, 0.1) is 11.6 Å². The molecule has 5 rings (SSSR count). The first-order chi connectivity index (χ1) is 15.4. The lowest BCUT2D eigenvalue weighted by molar-refractivity contribution is 0.100. The predicted molar refractivity (Wildman–Crippen MR) is 117 cm³/mol. The van der Waals surface area contributed by atoms with Crippen molar-refractivity contribution in [2.45, 2.75) is 6.54 Å². The lowest BCUT2D eigenvalue weighted by Crippen LogP contribution is -2.11. The number of primary amides is 1. The van der Waals surface area contributed by atoms with E-state index in [0.29, 0.717) is 22.4 Å². The largest absolute Gasteiger partial charge is 0.366 e.